The molecule has 3 heteroatoms. The minimum absolute atomic E-state index is 0.125. The first-order valence-electron chi connectivity index (χ1n) is 8.05. The zero-order valence-electron chi connectivity index (χ0n) is 14.0. The first-order valence-corrected chi connectivity index (χ1v) is 8.05. The maximum Gasteiger partial charge on any atom is 0.167 e. The van der Waals surface area contributed by atoms with Gasteiger partial charge in [0.25, 0.3) is 0 Å². The predicted octanol–water partition coefficient (Wildman–Crippen LogP) is 3.67. The van der Waals surface area contributed by atoms with E-state index < -0.39 is 0 Å². The third-order valence-electron chi connectivity index (χ3n) is 4.49. The summed E-state index contributed by atoms with van der Waals surface area (Å²) in [6.07, 6.45) is 1.91. The first-order chi connectivity index (χ1) is 11.1. The molecule has 1 aliphatic rings. The molecule has 120 valence electrons. The van der Waals surface area contributed by atoms with E-state index in [0.717, 1.165) is 41.8 Å². The number of hydrogen-bond donors (Lipinski definition) is 0. The van der Waals surface area contributed by atoms with Crippen LogP contribution < -0.4 is 4.74 Å². The van der Waals surface area contributed by atoms with E-state index in [-0.39, 0.29) is 11.7 Å². The van der Waals surface area contributed by atoms with Gasteiger partial charge in [0.05, 0.1) is 7.11 Å². The van der Waals surface area contributed by atoms with Crippen molar-refractivity contribution in [1.82, 2.24) is 4.90 Å². The van der Waals surface area contributed by atoms with Crippen LogP contribution in [0.4, 0.5) is 0 Å². The van der Waals surface area contributed by atoms with E-state index in [2.05, 4.69) is 17.0 Å². The number of rotatable bonds is 4. The van der Waals surface area contributed by atoms with Crippen LogP contribution in [0, 0.1) is 5.92 Å². The zero-order valence-corrected chi connectivity index (χ0v) is 14.0. The van der Waals surface area contributed by atoms with Crippen LogP contribution in [0.5, 0.6) is 5.75 Å². The number of benzene rings is 2. The van der Waals surface area contributed by atoms with Crippen LogP contribution in [0.2, 0.25) is 0 Å². The predicted molar refractivity (Wildman–Crippen MR) is 93.1 cm³/mol. The summed E-state index contributed by atoms with van der Waals surface area (Å²) in [5, 5.41) is 0. The van der Waals surface area contributed by atoms with Gasteiger partial charge in [-0.25, -0.2) is 0 Å². The summed E-state index contributed by atoms with van der Waals surface area (Å²) in [7, 11) is 5.72. The van der Waals surface area contributed by atoms with Gasteiger partial charge in [0, 0.05) is 18.0 Å². The molecule has 0 N–H and O–H groups in total. The van der Waals surface area contributed by atoms with E-state index in [1.54, 1.807) is 7.11 Å². The van der Waals surface area contributed by atoms with Crippen LogP contribution in [0.15, 0.2) is 42.5 Å². The molecule has 3 nitrogen and oxygen atoms in total. The molecule has 1 atom stereocenters. The standard InChI is InChI=1S/C20H23NO2/c1-21(2)13-17-8-7-16-11-15(9-10-19(16)20(17)22)14-5-4-6-18(12-14)23-3/h4-6,9-12,17H,7-8,13H2,1-3H3. The summed E-state index contributed by atoms with van der Waals surface area (Å²) in [4.78, 5) is 14.7. The molecule has 2 aromatic carbocycles. The van der Waals surface area contributed by atoms with E-state index in [1.807, 2.05) is 44.4 Å². The molecule has 0 bridgehead atoms. The number of ketones is 1. The van der Waals surface area contributed by atoms with E-state index >= 15 is 0 Å². The number of fused-ring (bicyclic) bond motifs is 1. The quantitative estimate of drug-likeness (QED) is 0.863. The van der Waals surface area contributed by atoms with Gasteiger partial charge in [-0.3, -0.25) is 4.79 Å². The molecule has 2 aromatic rings. The molecule has 23 heavy (non-hydrogen) atoms. The minimum atomic E-state index is 0.125. The van der Waals surface area contributed by atoms with Crippen molar-refractivity contribution in [1.29, 1.82) is 0 Å². The summed E-state index contributed by atoms with van der Waals surface area (Å²) in [6, 6.07) is 14.2. The molecule has 0 heterocycles. The lowest BCUT2D eigenvalue weighted by Gasteiger charge is -2.26. The van der Waals surface area contributed by atoms with Crippen molar-refractivity contribution in [2.45, 2.75) is 12.8 Å². The summed E-state index contributed by atoms with van der Waals surface area (Å²) >= 11 is 0. The van der Waals surface area contributed by atoms with Crippen LogP contribution in [-0.2, 0) is 6.42 Å². The van der Waals surface area contributed by atoms with Crippen LogP contribution in [0.3, 0.4) is 0 Å². The molecule has 0 saturated carbocycles. The highest BCUT2D eigenvalue weighted by molar-refractivity contribution is 6.00. The van der Waals surface area contributed by atoms with Crippen molar-refractivity contribution in [3.8, 4) is 16.9 Å². The van der Waals surface area contributed by atoms with Gasteiger partial charge >= 0.3 is 0 Å². The molecule has 0 amide bonds. The molecular formula is C20H23NO2. The Balaban J connectivity index is 1.90. The summed E-state index contributed by atoms with van der Waals surface area (Å²) in [5.41, 5.74) is 4.33. The van der Waals surface area contributed by atoms with Gasteiger partial charge in [0.2, 0.25) is 0 Å². The van der Waals surface area contributed by atoms with E-state index in [4.69, 9.17) is 4.74 Å². The summed E-state index contributed by atoms with van der Waals surface area (Å²) < 4.78 is 5.30. The Bertz CT molecular complexity index is 721. The van der Waals surface area contributed by atoms with E-state index in [1.165, 1.54) is 5.56 Å². The molecule has 0 aliphatic heterocycles. The fourth-order valence-corrected chi connectivity index (χ4v) is 3.32. The van der Waals surface area contributed by atoms with Gasteiger partial charge in [-0.05, 0) is 55.8 Å². The topological polar surface area (TPSA) is 29.5 Å². The molecule has 0 spiro atoms. The highest BCUT2D eigenvalue weighted by Crippen LogP contribution is 2.31. The van der Waals surface area contributed by atoms with Crippen molar-refractivity contribution in [3.05, 3.63) is 53.6 Å². The maximum atomic E-state index is 12.7. The van der Waals surface area contributed by atoms with Crippen molar-refractivity contribution in [2.75, 3.05) is 27.7 Å². The molecule has 3 rings (SSSR count). The Morgan fingerprint density at radius 1 is 1.13 bits per heavy atom. The normalized spacial score (nSPS) is 17.2. The van der Waals surface area contributed by atoms with Crippen LogP contribution in [-0.4, -0.2) is 38.4 Å². The second kappa shape index (κ2) is 6.55. The Morgan fingerprint density at radius 3 is 2.65 bits per heavy atom. The Labute approximate surface area is 137 Å². The average Bonchev–Trinajstić information content (AvgIpc) is 2.57. The molecule has 1 aliphatic carbocycles. The number of Topliss-reactive ketones (excluding diaryl/α,β-unsaturated/α-hetero) is 1. The average molecular weight is 309 g/mol. The number of hydrogen-bond acceptors (Lipinski definition) is 3. The molecule has 0 radical (unpaired) electrons. The number of carbonyl (C=O) groups is 1. The van der Waals surface area contributed by atoms with Gasteiger partial charge in [-0.15, -0.1) is 0 Å². The Hall–Kier alpha value is -2.13. The van der Waals surface area contributed by atoms with Gasteiger partial charge in [0.1, 0.15) is 5.75 Å². The number of aryl methyl sites for hydroxylation is 1. The van der Waals surface area contributed by atoms with E-state index in [0.29, 0.717) is 0 Å². The largest absolute Gasteiger partial charge is 0.497 e. The van der Waals surface area contributed by atoms with E-state index in [9.17, 15) is 4.79 Å². The van der Waals surface area contributed by atoms with Gasteiger partial charge in [-0.2, -0.15) is 0 Å². The van der Waals surface area contributed by atoms with Crippen molar-refractivity contribution in [3.63, 3.8) is 0 Å². The number of carbonyl (C=O) groups excluding carboxylic acids is 1. The molecule has 1 unspecified atom stereocenters. The zero-order chi connectivity index (χ0) is 16.4. The molecule has 0 saturated heterocycles. The summed E-state index contributed by atoms with van der Waals surface area (Å²) in [5.74, 6) is 1.26. The van der Waals surface area contributed by atoms with Crippen LogP contribution in [0.25, 0.3) is 11.1 Å². The number of ether oxygens (including phenoxy) is 1. The Morgan fingerprint density at radius 2 is 1.91 bits per heavy atom. The highest BCUT2D eigenvalue weighted by atomic mass is 16.5. The lowest BCUT2D eigenvalue weighted by atomic mass is 9.81. The highest BCUT2D eigenvalue weighted by Gasteiger charge is 2.27. The first kappa shape index (κ1) is 15.8. The van der Waals surface area contributed by atoms with Crippen molar-refractivity contribution < 1.29 is 9.53 Å². The second-order valence-electron chi connectivity index (χ2n) is 6.47. The SMILES string of the molecule is COc1cccc(-c2ccc3c(c2)CCC(CN(C)C)C3=O)c1. The third kappa shape index (κ3) is 3.30. The van der Waals surface area contributed by atoms with Crippen molar-refractivity contribution >= 4 is 5.78 Å². The Kier molecular flexibility index (Phi) is 4.49. The van der Waals surface area contributed by atoms with Crippen LogP contribution >= 0.6 is 0 Å². The van der Waals surface area contributed by atoms with Gasteiger partial charge < -0.3 is 9.64 Å². The lowest BCUT2D eigenvalue weighted by molar-refractivity contribution is 0.0877. The van der Waals surface area contributed by atoms with Gasteiger partial charge in [0.15, 0.2) is 5.78 Å². The fraction of sp³-hybridized carbons (Fsp3) is 0.350. The lowest BCUT2D eigenvalue weighted by Crippen LogP contribution is -2.31. The third-order valence-corrected chi connectivity index (χ3v) is 4.49. The fourth-order valence-electron chi connectivity index (χ4n) is 3.32. The smallest absolute Gasteiger partial charge is 0.167 e. The van der Waals surface area contributed by atoms with Crippen molar-refractivity contribution in [2.24, 2.45) is 5.92 Å². The maximum absolute atomic E-state index is 12.7. The van der Waals surface area contributed by atoms with Gasteiger partial charge in [-0.1, -0.05) is 30.3 Å². The monoisotopic (exact) mass is 309 g/mol. The molecule has 0 aromatic heterocycles. The molecular weight excluding hydrogens is 286 g/mol. The summed E-state index contributed by atoms with van der Waals surface area (Å²) in [6.45, 7) is 0.829. The number of methoxy groups -OCH3 is 1. The molecule has 0 fully saturated rings. The van der Waals surface area contributed by atoms with Crippen LogP contribution in [0.1, 0.15) is 22.3 Å². The second-order valence-corrected chi connectivity index (χ2v) is 6.47. The number of nitrogens with zero attached hydrogens (tertiary/aromatic N) is 1. The minimum Gasteiger partial charge on any atom is -0.497 e.